The van der Waals surface area contributed by atoms with Gasteiger partial charge in [-0.3, -0.25) is 4.57 Å². The van der Waals surface area contributed by atoms with Gasteiger partial charge in [0.05, 0.1) is 6.54 Å². The smallest absolute Gasteiger partial charge is 0.151 e. The SMILES string of the molecule is Cc1ccc(-n2cnnc2CN)cc1. The third kappa shape index (κ3) is 1.52. The van der Waals surface area contributed by atoms with Crippen molar-refractivity contribution in [3.8, 4) is 5.69 Å². The lowest BCUT2D eigenvalue weighted by Crippen LogP contribution is -2.06. The van der Waals surface area contributed by atoms with Crippen molar-refractivity contribution in [2.24, 2.45) is 5.73 Å². The largest absolute Gasteiger partial charge is 0.324 e. The van der Waals surface area contributed by atoms with Crippen LogP contribution >= 0.6 is 0 Å². The van der Waals surface area contributed by atoms with Crippen LogP contribution in [-0.4, -0.2) is 14.8 Å². The first kappa shape index (κ1) is 8.90. The number of nitrogens with zero attached hydrogens (tertiary/aromatic N) is 3. The number of hydrogen-bond donors (Lipinski definition) is 1. The van der Waals surface area contributed by atoms with Gasteiger partial charge < -0.3 is 5.73 Å². The average molecular weight is 188 g/mol. The summed E-state index contributed by atoms with van der Waals surface area (Å²) in [4.78, 5) is 0. The molecule has 0 amide bonds. The van der Waals surface area contributed by atoms with Crippen LogP contribution in [0.1, 0.15) is 11.4 Å². The summed E-state index contributed by atoms with van der Waals surface area (Å²) in [6.45, 7) is 2.45. The third-order valence-corrected chi connectivity index (χ3v) is 2.11. The highest BCUT2D eigenvalue weighted by molar-refractivity contribution is 5.34. The molecule has 1 aromatic heterocycles. The normalized spacial score (nSPS) is 10.4. The molecule has 0 bridgehead atoms. The Labute approximate surface area is 82.4 Å². The monoisotopic (exact) mass is 188 g/mol. The van der Waals surface area contributed by atoms with Crippen LogP contribution in [0.4, 0.5) is 0 Å². The van der Waals surface area contributed by atoms with Crippen LogP contribution in [0, 0.1) is 6.92 Å². The van der Waals surface area contributed by atoms with Crippen molar-refractivity contribution in [2.45, 2.75) is 13.5 Å². The van der Waals surface area contributed by atoms with Crippen LogP contribution in [0.2, 0.25) is 0 Å². The molecule has 0 aliphatic heterocycles. The van der Waals surface area contributed by atoms with Crippen molar-refractivity contribution in [3.05, 3.63) is 42.0 Å². The van der Waals surface area contributed by atoms with Gasteiger partial charge in [0.15, 0.2) is 5.82 Å². The molecule has 1 aromatic carbocycles. The predicted molar refractivity (Wildman–Crippen MR) is 54.0 cm³/mol. The van der Waals surface area contributed by atoms with Crippen LogP contribution in [0.15, 0.2) is 30.6 Å². The Morgan fingerprint density at radius 3 is 2.64 bits per heavy atom. The molecule has 4 nitrogen and oxygen atoms in total. The van der Waals surface area contributed by atoms with Gasteiger partial charge in [-0.15, -0.1) is 10.2 Å². The Hall–Kier alpha value is -1.68. The maximum atomic E-state index is 5.54. The fraction of sp³-hybridized carbons (Fsp3) is 0.200. The summed E-state index contributed by atoms with van der Waals surface area (Å²) in [5.74, 6) is 0.772. The van der Waals surface area contributed by atoms with E-state index in [-0.39, 0.29) is 0 Å². The molecule has 0 saturated carbocycles. The van der Waals surface area contributed by atoms with Gasteiger partial charge in [-0.05, 0) is 19.1 Å². The minimum atomic E-state index is 0.397. The Morgan fingerprint density at radius 1 is 1.29 bits per heavy atom. The van der Waals surface area contributed by atoms with Gasteiger partial charge in [-0.1, -0.05) is 17.7 Å². The fourth-order valence-corrected chi connectivity index (χ4v) is 1.32. The van der Waals surface area contributed by atoms with E-state index in [1.807, 2.05) is 16.7 Å². The van der Waals surface area contributed by atoms with Crippen LogP contribution < -0.4 is 5.73 Å². The zero-order valence-corrected chi connectivity index (χ0v) is 8.01. The quantitative estimate of drug-likeness (QED) is 0.766. The van der Waals surface area contributed by atoms with E-state index in [0.29, 0.717) is 6.54 Å². The number of nitrogens with two attached hydrogens (primary N) is 1. The number of benzene rings is 1. The number of aromatic nitrogens is 3. The first-order chi connectivity index (χ1) is 6.81. The Bertz CT molecular complexity index is 416. The maximum Gasteiger partial charge on any atom is 0.151 e. The van der Waals surface area contributed by atoms with Crippen molar-refractivity contribution >= 4 is 0 Å². The van der Waals surface area contributed by atoms with E-state index in [0.717, 1.165) is 11.5 Å². The zero-order chi connectivity index (χ0) is 9.97. The lowest BCUT2D eigenvalue weighted by molar-refractivity contribution is 0.859. The highest BCUT2D eigenvalue weighted by atomic mass is 15.3. The lowest BCUT2D eigenvalue weighted by atomic mass is 10.2. The average Bonchev–Trinajstić information content (AvgIpc) is 2.67. The van der Waals surface area contributed by atoms with Gasteiger partial charge in [0, 0.05) is 5.69 Å². The topological polar surface area (TPSA) is 56.7 Å². The van der Waals surface area contributed by atoms with E-state index in [2.05, 4.69) is 29.3 Å². The van der Waals surface area contributed by atoms with E-state index in [4.69, 9.17) is 5.73 Å². The van der Waals surface area contributed by atoms with Crippen LogP contribution in [0.3, 0.4) is 0 Å². The fourth-order valence-electron chi connectivity index (χ4n) is 1.32. The second-order valence-corrected chi connectivity index (χ2v) is 3.16. The molecule has 0 saturated heterocycles. The molecule has 72 valence electrons. The molecule has 4 heteroatoms. The van der Waals surface area contributed by atoms with Gasteiger partial charge in [0.2, 0.25) is 0 Å². The molecule has 0 aliphatic carbocycles. The van der Waals surface area contributed by atoms with Crippen LogP contribution in [0.5, 0.6) is 0 Å². The number of rotatable bonds is 2. The molecule has 0 spiro atoms. The summed E-state index contributed by atoms with van der Waals surface area (Å²) in [6.07, 6.45) is 1.67. The predicted octanol–water partition coefficient (Wildman–Crippen LogP) is 1.03. The zero-order valence-electron chi connectivity index (χ0n) is 8.01. The molecule has 2 rings (SSSR count). The van der Waals surface area contributed by atoms with E-state index < -0.39 is 0 Å². The first-order valence-electron chi connectivity index (χ1n) is 4.47. The number of hydrogen-bond acceptors (Lipinski definition) is 3. The molecule has 0 atom stereocenters. The summed E-state index contributed by atoms with van der Waals surface area (Å²) >= 11 is 0. The Morgan fingerprint density at radius 2 is 2.00 bits per heavy atom. The highest BCUT2D eigenvalue weighted by Gasteiger charge is 2.02. The summed E-state index contributed by atoms with van der Waals surface area (Å²) in [5.41, 5.74) is 7.81. The van der Waals surface area contributed by atoms with Crippen molar-refractivity contribution in [1.82, 2.24) is 14.8 Å². The highest BCUT2D eigenvalue weighted by Crippen LogP contribution is 2.10. The summed E-state index contributed by atoms with van der Waals surface area (Å²) < 4.78 is 1.89. The standard InChI is InChI=1S/C10H12N4/c1-8-2-4-9(5-3-8)14-7-12-13-10(14)6-11/h2-5,7H,6,11H2,1H3. The van der Waals surface area contributed by atoms with E-state index >= 15 is 0 Å². The molecule has 1 heterocycles. The minimum Gasteiger partial charge on any atom is -0.324 e. The van der Waals surface area contributed by atoms with Crippen molar-refractivity contribution in [3.63, 3.8) is 0 Å². The molecule has 14 heavy (non-hydrogen) atoms. The molecular weight excluding hydrogens is 176 g/mol. The van der Waals surface area contributed by atoms with Crippen LogP contribution in [0.25, 0.3) is 5.69 Å². The van der Waals surface area contributed by atoms with Gasteiger partial charge in [0.25, 0.3) is 0 Å². The van der Waals surface area contributed by atoms with Gasteiger partial charge in [0.1, 0.15) is 6.33 Å². The van der Waals surface area contributed by atoms with Crippen molar-refractivity contribution in [1.29, 1.82) is 0 Å². The van der Waals surface area contributed by atoms with E-state index in [1.165, 1.54) is 5.56 Å². The summed E-state index contributed by atoms with van der Waals surface area (Å²) in [7, 11) is 0. The van der Waals surface area contributed by atoms with Crippen LogP contribution in [-0.2, 0) is 6.54 Å². The van der Waals surface area contributed by atoms with E-state index in [9.17, 15) is 0 Å². The van der Waals surface area contributed by atoms with Gasteiger partial charge >= 0.3 is 0 Å². The molecule has 2 aromatic rings. The van der Waals surface area contributed by atoms with E-state index in [1.54, 1.807) is 6.33 Å². The summed E-state index contributed by atoms with van der Waals surface area (Å²) in [6, 6.07) is 8.15. The first-order valence-corrected chi connectivity index (χ1v) is 4.47. The second kappa shape index (κ2) is 3.59. The third-order valence-electron chi connectivity index (χ3n) is 2.11. The van der Waals surface area contributed by atoms with Crippen molar-refractivity contribution < 1.29 is 0 Å². The molecule has 0 aliphatic rings. The lowest BCUT2D eigenvalue weighted by Gasteiger charge is -2.04. The molecule has 0 fully saturated rings. The van der Waals surface area contributed by atoms with Gasteiger partial charge in [-0.25, -0.2) is 0 Å². The molecular formula is C10H12N4. The Balaban J connectivity index is 2.44. The Kier molecular flexibility index (Phi) is 2.28. The molecule has 0 radical (unpaired) electrons. The van der Waals surface area contributed by atoms with Gasteiger partial charge in [-0.2, -0.15) is 0 Å². The summed E-state index contributed by atoms with van der Waals surface area (Å²) in [5, 5.41) is 7.75. The second-order valence-electron chi connectivity index (χ2n) is 3.16. The number of aryl methyl sites for hydroxylation is 1. The molecule has 0 unspecified atom stereocenters. The maximum absolute atomic E-state index is 5.54. The van der Waals surface area contributed by atoms with Crippen molar-refractivity contribution in [2.75, 3.05) is 0 Å². The minimum absolute atomic E-state index is 0.397. The molecule has 2 N–H and O–H groups in total.